The molecule has 3 aromatic rings. The third kappa shape index (κ3) is 2.38. The van der Waals surface area contributed by atoms with Gasteiger partial charge in [-0.15, -0.1) is 0 Å². The van der Waals surface area contributed by atoms with Gasteiger partial charge in [-0.1, -0.05) is 0 Å². The van der Waals surface area contributed by atoms with Crippen LogP contribution in [0.4, 0.5) is 10.1 Å². The van der Waals surface area contributed by atoms with E-state index in [1.54, 1.807) is 0 Å². The molecule has 2 fully saturated rings. The quantitative estimate of drug-likeness (QED) is 0.699. The lowest BCUT2D eigenvalue weighted by Gasteiger charge is -2.29. The van der Waals surface area contributed by atoms with Gasteiger partial charge in [0.1, 0.15) is 11.5 Å². The van der Waals surface area contributed by atoms with Crippen molar-refractivity contribution in [3.63, 3.8) is 0 Å². The number of anilines is 1. The minimum absolute atomic E-state index is 0.239. The Hall–Kier alpha value is -2.81. The van der Waals surface area contributed by atoms with Crippen LogP contribution in [-0.4, -0.2) is 46.9 Å². The van der Waals surface area contributed by atoms with Crippen molar-refractivity contribution in [1.82, 2.24) is 19.0 Å². The average molecular weight is 372 g/mol. The summed E-state index contributed by atoms with van der Waals surface area (Å²) in [4.78, 5) is 27.2. The fourth-order valence-electron chi connectivity index (χ4n) is 4.04. The fourth-order valence-corrected chi connectivity index (χ4v) is 4.04. The number of nitrogens with zero attached hydrogens (tertiary/aromatic N) is 4. The molecule has 3 heterocycles. The van der Waals surface area contributed by atoms with E-state index < -0.39 is 11.2 Å². The van der Waals surface area contributed by atoms with Gasteiger partial charge in [-0.25, -0.2) is 13.6 Å². The molecule has 0 amide bonds. The van der Waals surface area contributed by atoms with E-state index in [1.165, 1.54) is 23.6 Å². The maximum Gasteiger partial charge on any atom is 0.356 e. The van der Waals surface area contributed by atoms with Gasteiger partial charge in [-0.3, -0.25) is 4.79 Å². The standard InChI is InChI=1S/C18H21FN6O2/c1-20-25-17(26)10-16-23(11-2-3-11)15-9-13(22-6-4-21-5-7-22)12(19)8-14(15)24(16)18(25)27/h8-11,20-21H,2-7H2,1H3. The highest BCUT2D eigenvalue weighted by atomic mass is 19.1. The molecule has 5 rings (SSSR count). The first kappa shape index (κ1) is 16.4. The summed E-state index contributed by atoms with van der Waals surface area (Å²) in [6.07, 6.45) is 1.98. The zero-order chi connectivity index (χ0) is 18.7. The molecule has 8 nitrogen and oxygen atoms in total. The molecular formula is C18H21FN6O2. The van der Waals surface area contributed by atoms with Gasteiger partial charge in [0.25, 0.3) is 5.56 Å². The van der Waals surface area contributed by atoms with Crippen LogP contribution in [0.5, 0.6) is 0 Å². The number of benzene rings is 1. The van der Waals surface area contributed by atoms with Crippen LogP contribution in [0, 0.1) is 5.82 Å². The Bertz CT molecular complexity index is 1170. The van der Waals surface area contributed by atoms with E-state index in [1.807, 2.05) is 15.5 Å². The van der Waals surface area contributed by atoms with Crippen molar-refractivity contribution in [2.24, 2.45) is 0 Å². The van der Waals surface area contributed by atoms with Gasteiger partial charge in [0.15, 0.2) is 0 Å². The number of halogens is 1. The summed E-state index contributed by atoms with van der Waals surface area (Å²) in [5.41, 5.74) is 4.01. The average Bonchev–Trinajstić information content (AvgIpc) is 3.44. The molecule has 2 aromatic heterocycles. The van der Waals surface area contributed by atoms with Crippen molar-refractivity contribution in [2.45, 2.75) is 18.9 Å². The Morgan fingerprint density at radius 2 is 1.85 bits per heavy atom. The molecule has 2 aliphatic rings. The highest BCUT2D eigenvalue weighted by molar-refractivity contribution is 5.85. The Morgan fingerprint density at radius 3 is 2.52 bits per heavy atom. The molecule has 142 valence electrons. The third-order valence-corrected chi connectivity index (χ3v) is 5.47. The van der Waals surface area contributed by atoms with E-state index >= 15 is 0 Å². The van der Waals surface area contributed by atoms with Crippen molar-refractivity contribution in [3.05, 3.63) is 44.9 Å². The van der Waals surface area contributed by atoms with E-state index in [-0.39, 0.29) is 11.9 Å². The largest absolute Gasteiger partial charge is 0.367 e. The molecule has 0 bridgehead atoms. The molecular weight excluding hydrogens is 351 g/mol. The van der Waals surface area contributed by atoms with Crippen molar-refractivity contribution >= 4 is 22.4 Å². The van der Waals surface area contributed by atoms with Gasteiger partial charge in [0.2, 0.25) is 0 Å². The summed E-state index contributed by atoms with van der Waals surface area (Å²) < 4.78 is 19.4. The number of aromatic nitrogens is 3. The molecule has 27 heavy (non-hydrogen) atoms. The van der Waals surface area contributed by atoms with Crippen LogP contribution in [0.15, 0.2) is 27.8 Å². The normalized spacial score (nSPS) is 17.8. The zero-order valence-corrected chi connectivity index (χ0v) is 15.0. The number of hydrogen-bond acceptors (Lipinski definition) is 5. The maximum absolute atomic E-state index is 15.0. The molecule has 1 aliphatic heterocycles. The van der Waals surface area contributed by atoms with Crippen LogP contribution >= 0.6 is 0 Å². The lowest BCUT2D eigenvalue weighted by Crippen LogP contribution is -2.43. The maximum atomic E-state index is 15.0. The lowest BCUT2D eigenvalue weighted by atomic mass is 10.2. The minimum atomic E-state index is -0.515. The van der Waals surface area contributed by atoms with Gasteiger partial charge >= 0.3 is 5.69 Å². The number of rotatable bonds is 3. The Morgan fingerprint density at radius 1 is 1.11 bits per heavy atom. The van der Waals surface area contributed by atoms with E-state index in [0.29, 0.717) is 16.9 Å². The summed E-state index contributed by atoms with van der Waals surface area (Å²) in [6.45, 7) is 3.08. The summed E-state index contributed by atoms with van der Waals surface area (Å²) in [5.74, 6) is -0.353. The van der Waals surface area contributed by atoms with Crippen molar-refractivity contribution in [1.29, 1.82) is 0 Å². The van der Waals surface area contributed by atoms with Gasteiger partial charge in [-0.2, -0.15) is 4.68 Å². The van der Waals surface area contributed by atoms with Gasteiger partial charge in [-0.05, 0) is 18.9 Å². The second-order valence-electron chi connectivity index (χ2n) is 7.15. The van der Waals surface area contributed by atoms with Crippen LogP contribution in [-0.2, 0) is 0 Å². The van der Waals surface area contributed by atoms with E-state index in [9.17, 15) is 14.0 Å². The zero-order valence-electron chi connectivity index (χ0n) is 15.0. The monoisotopic (exact) mass is 372 g/mol. The molecule has 0 unspecified atom stereocenters. The van der Waals surface area contributed by atoms with Crippen LogP contribution in [0.3, 0.4) is 0 Å². The first-order chi connectivity index (χ1) is 13.1. The van der Waals surface area contributed by atoms with E-state index in [2.05, 4.69) is 10.7 Å². The van der Waals surface area contributed by atoms with Crippen molar-refractivity contribution in [3.8, 4) is 0 Å². The molecule has 1 saturated heterocycles. The number of imidazole rings is 1. The van der Waals surface area contributed by atoms with E-state index in [4.69, 9.17) is 0 Å². The molecule has 0 spiro atoms. The Labute approximate surface area is 153 Å². The second-order valence-corrected chi connectivity index (χ2v) is 7.15. The van der Waals surface area contributed by atoms with Gasteiger partial charge < -0.3 is 20.2 Å². The summed E-state index contributed by atoms with van der Waals surface area (Å²) >= 11 is 0. The van der Waals surface area contributed by atoms with Crippen LogP contribution in [0.25, 0.3) is 16.7 Å². The molecule has 1 aliphatic carbocycles. The Balaban J connectivity index is 1.86. The highest BCUT2D eigenvalue weighted by Crippen LogP contribution is 2.40. The lowest BCUT2D eigenvalue weighted by molar-refractivity contribution is 0.567. The molecule has 0 radical (unpaired) electrons. The van der Waals surface area contributed by atoms with Crippen LogP contribution in [0.2, 0.25) is 0 Å². The first-order valence-electron chi connectivity index (χ1n) is 9.26. The molecule has 0 atom stereocenters. The topological polar surface area (TPSA) is 75.7 Å². The van der Waals surface area contributed by atoms with Crippen LogP contribution < -0.4 is 26.9 Å². The third-order valence-electron chi connectivity index (χ3n) is 5.47. The first-order valence-corrected chi connectivity index (χ1v) is 9.26. The molecule has 2 N–H and O–H groups in total. The smallest absolute Gasteiger partial charge is 0.356 e. The summed E-state index contributed by atoms with van der Waals surface area (Å²) in [6, 6.07) is 4.93. The van der Waals surface area contributed by atoms with Gasteiger partial charge in [0, 0.05) is 51.4 Å². The number of piperazine rings is 1. The minimum Gasteiger partial charge on any atom is -0.367 e. The Kier molecular flexibility index (Phi) is 3.55. The number of fused-ring (bicyclic) bond motifs is 3. The van der Waals surface area contributed by atoms with Crippen molar-refractivity contribution < 1.29 is 4.39 Å². The second kappa shape index (κ2) is 5.85. The molecule has 9 heteroatoms. The number of nitrogens with one attached hydrogen (secondary N) is 2. The van der Waals surface area contributed by atoms with E-state index in [0.717, 1.165) is 49.2 Å². The summed E-state index contributed by atoms with van der Waals surface area (Å²) in [7, 11) is 1.51. The van der Waals surface area contributed by atoms with Gasteiger partial charge in [0.05, 0.1) is 16.7 Å². The fraction of sp³-hybridized carbons (Fsp3) is 0.444. The predicted octanol–water partition coefficient (Wildman–Crippen LogP) is 0.473. The molecule has 1 aromatic carbocycles. The predicted molar refractivity (Wildman–Crippen MR) is 102 cm³/mol. The highest BCUT2D eigenvalue weighted by Gasteiger charge is 2.30. The SMILES string of the molecule is CNn1c(=O)cc2n(C3CC3)c3cc(N4CCNCC4)c(F)cc3n2c1=O. The van der Waals surface area contributed by atoms with Crippen LogP contribution in [0.1, 0.15) is 18.9 Å². The summed E-state index contributed by atoms with van der Waals surface area (Å²) in [5, 5.41) is 3.27. The molecule has 1 saturated carbocycles. The van der Waals surface area contributed by atoms with Crippen molar-refractivity contribution in [2.75, 3.05) is 43.6 Å². The number of hydrogen-bond donors (Lipinski definition) is 2.